The van der Waals surface area contributed by atoms with E-state index in [-0.39, 0.29) is 0 Å². The van der Waals surface area contributed by atoms with E-state index in [2.05, 4.69) is 71.7 Å². The van der Waals surface area contributed by atoms with Crippen molar-refractivity contribution in [2.45, 2.75) is 0 Å². The van der Waals surface area contributed by atoms with Crippen molar-refractivity contribution in [3.8, 4) is 45.2 Å². The van der Waals surface area contributed by atoms with Gasteiger partial charge in [-0.05, 0) is 48.5 Å². The summed E-state index contributed by atoms with van der Waals surface area (Å²) in [4.78, 5) is 24.3. The van der Waals surface area contributed by atoms with Gasteiger partial charge in [-0.25, -0.2) is 15.0 Å². The molecule has 0 aliphatic rings. The van der Waals surface area contributed by atoms with Crippen LogP contribution in [0.5, 0.6) is 0 Å². The second-order valence-corrected chi connectivity index (χ2v) is 10.1. The fourth-order valence-electron chi connectivity index (χ4n) is 5.55. The van der Waals surface area contributed by atoms with E-state index < -0.39 is 0 Å². The molecule has 0 N–H and O–H groups in total. The zero-order valence-corrected chi connectivity index (χ0v) is 22.5. The van der Waals surface area contributed by atoms with E-state index in [1.807, 2.05) is 66.9 Å². The van der Waals surface area contributed by atoms with Gasteiger partial charge < -0.3 is 0 Å². The van der Waals surface area contributed by atoms with E-state index in [9.17, 15) is 0 Å². The normalized spacial score (nSPS) is 11.3. The third-order valence-electron chi connectivity index (χ3n) is 7.58. The number of pyridine rings is 5. The molecular formula is C37H23N5. The van der Waals surface area contributed by atoms with Gasteiger partial charge in [0.2, 0.25) is 0 Å². The van der Waals surface area contributed by atoms with E-state index in [1.54, 1.807) is 6.20 Å². The standard InChI is InChI=1S/C37H23N5/c1-2-9-31-27(8-1)35(34-11-4-6-23-39-34)28-20-18-26-19-21-30(41-36(26)37(28)42-31)25-16-14-24(15-17-25)29-12-7-13-33(40-29)32-10-3-5-22-38-32/h1-23H. The molecule has 0 aliphatic heterocycles. The van der Waals surface area contributed by atoms with E-state index in [0.717, 1.165) is 77.9 Å². The highest BCUT2D eigenvalue weighted by atomic mass is 14.8. The van der Waals surface area contributed by atoms with Crippen LogP contribution in [0, 0.1) is 0 Å². The molecule has 5 aromatic heterocycles. The third-order valence-corrected chi connectivity index (χ3v) is 7.58. The summed E-state index contributed by atoms with van der Waals surface area (Å²) < 4.78 is 0. The maximum atomic E-state index is 5.16. The lowest BCUT2D eigenvalue weighted by Gasteiger charge is -2.13. The summed E-state index contributed by atoms with van der Waals surface area (Å²) in [6.07, 6.45) is 3.62. The van der Waals surface area contributed by atoms with Crippen molar-refractivity contribution in [1.29, 1.82) is 0 Å². The Kier molecular flexibility index (Phi) is 5.71. The molecule has 8 aromatic rings. The zero-order valence-electron chi connectivity index (χ0n) is 22.5. The van der Waals surface area contributed by atoms with Crippen LogP contribution in [0.2, 0.25) is 0 Å². The number of hydrogen-bond donors (Lipinski definition) is 0. The molecule has 0 saturated heterocycles. The molecule has 5 nitrogen and oxygen atoms in total. The molecule has 8 rings (SSSR count). The molecule has 0 unspecified atom stereocenters. The average Bonchev–Trinajstić information content (AvgIpc) is 3.08. The largest absolute Gasteiger partial charge is 0.256 e. The number of rotatable bonds is 4. The van der Waals surface area contributed by atoms with Gasteiger partial charge in [0.15, 0.2) is 0 Å². The molecule has 0 aliphatic carbocycles. The molecule has 0 saturated carbocycles. The Hall–Kier alpha value is -5.81. The second-order valence-electron chi connectivity index (χ2n) is 10.1. The van der Waals surface area contributed by atoms with E-state index in [0.29, 0.717) is 0 Å². The van der Waals surface area contributed by atoms with Crippen LogP contribution >= 0.6 is 0 Å². The van der Waals surface area contributed by atoms with Crippen LogP contribution in [0.3, 0.4) is 0 Å². The third kappa shape index (κ3) is 4.16. The first kappa shape index (κ1) is 24.0. The van der Waals surface area contributed by atoms with Crippen molar-refractivity contribution < 1.29 is 0 Å². The van der Waals surface area contributed by atoms with Gasteiger partial charge in [-0.2, -0.15) is 0 Å². The molecule has 5 heteroatoms. The summed E-state index contributed by atoms with van der Waals surface area (Å²) in [5.41, 5.74) is 10.3. The summed E-state index contributed by atoms with van der Waals surface area (Å²) >= 11 is 0. The Morgan fingerprint density at radius 2 is 1.00 bits per heavy atom. The number of nitrogens with zero attached hydrogens (tertiary/aromatic N) is 5. The quantitative estimate of drug-likeness (QED) is 0.166. The van der Waals surface area contributed by atoms with Crippen molar-refractivity contribution in [1.82, 2.24) is 24.9 Å². The molecule has 0 bridgehead atoms. The lowest BCUT2D eigenvalue weighted by atomic mass is 9.97. The zero-order chi connectivity index (χ0) is 27.9. The van der Waals surface area contributed by atoms with Crippen molar-refractivity contribution in [3.63, 3.8) is 0 Å². The van der Waals surface area contributed by atoms with Crippen LogP contribution < -0.4 is 0 Å². The van der Waals surface area contributed by atoms with Crippen LogP contribution in [0.4, 0.5) is 0 Å². The lowest BCUT2D eigenvalue weighted by Crippen LogP contribution is -1.94. The van der Waals surface area contributed by atoms with Crippen LogP contribution in [0.15, 0.2) is 140 Å². The highest BCUT2D eigenvalue weighted by Crippen LogP contribution is 2.37. The first-order valence-electron chi connectivity index (χ1n) is 13.8. The molecule has 196 valence electrons. The summed E-state index contributed by atoms with van der Waals surface area (Å²) in [5.74, 6) is 0. The van der Waals surface area contributed by atoms with E-state index in [4.69, 9.17) is 19.9 Å². The lowest BCUT2D eigenvalue weighted by molar-refractivity contribution is 1.25. The smallest absolute Gasteiger partial charge is 0.0979 e. The first-order chi connectivity index (χ1) is 20.8. The summed E-state index contributed by atoms with van der Waals surface area (Å²) in [6.45, 7) is 0. The Bertz CT molecular complexity index is 2230. The summed E-state index contributed by atoms with van der Waals surface area (Å²) in [6, 6.07) is 43.0. The Balaban J connectivity index is 1.24. The molecule has 42 heavy (non-hydrogen) atoms. The summed E-state index contributed by atoms with van der Waals surface area (Å²) in [7, 11) is 0. The van der Waals surface area contributed by atoms with E-state index >= 15 is 0 Å². The van der Waals surface area contributed by atoms with Gasteiger partial charge in [0, 0.05) is 45.2 Å². The van der Waals surface area contributed by atoms with Crippen molar-refractivity contribution in [2.24, 2.45) is 0 Å². The molecular weight excluding hydrogens is 514 g/mol. The maximum Gasteiger partial charge on any atom is 0.0979 e. The van der Waals surface area contributed by atoms with Gasteiger partial charge in [-0.3, -0.25) is 9.97 Å². The van der Waals surface area contributed by atoms with Crippen LogP contribution in [-0.2, 0) is 0 Å². The van der Waals surface area contributed by atoms with Crippen molar-refractivity contribution >= 4 is 32.7 Å². The summed E-state index contributed by atoms with van der Waals surface area (Å²) in [5, 5.41) is 3.17. The average molecular weight is 538 g/mol. The molecule has 0 atom stereocenters. The molecule has 0 fully saturated rings. The molecule has 0 spiro atoms. The fourth-order valence-corrected chi connectivity index (χ4v) is 5.55. The number of benzene rings is 3. The monoisotopic (exact) mass is 537 g/mol. The van der Waals surface area contributed by atoms with Crippen molar-refractivity contribution in [2.75, 3.05) is 0 Å². The molecule has 0 amide bonds. The number of fused-ring (bicyclic) bond motifs is 4. The number of hydrogen-bond acceptors (Lipinski definition) is 5. The van der Waals surface area contributed by atoms with Gasteiger partial charge in [0.25, 0.3) is 0 Å². The predicted molar refractivity (Wildman–Crippen MR) is 170 cm³/mol. The van der Waals surface area contributed by atoms with Gasteiger partial charge in [0.1, 0.15) is 0 Å². The molecule has 0 radical (unpaired) electrons. The SMILES string of the molecule is c1ccc(-c2cccc(-c3ccc(-c4ccc5ccc6c(-c7ccccn7)c7ccccc7nc6c5n4)cc3)n2)nc1. The van der Waals surface area contributed by atoms with Gasteiger partial charge >= 0.3 is 0 Å². The van der Waals surface area contributed by atoms with Crippen molar-refractivity contribution in [3.05, 3.63) is 140 Å². The minimum absolute atomic E-state index is 0.852. The van der Waals surface area contributed by atoms with Gasteiger partial charge in [-0.1, -0.05) is 78.9 Å². The van der Waals surface area contributed by atoms with Gasteiger partial charge in [0.05, 0.1) is 45.0 Å². The maximum absolute atomic E-state index is 5.16. The Labute approximate surface area is 242 Å². The Morgan fingerprint density at radius 3 is 1.76 bits per heavy atom. The van der Waals surface area contributed by atoms with Crippen LogP contribution in [-0.4, -0.2) is 24.9 Å². The highest BCUT2D eigenvalue weighted by Gasteiger charge is 2.15. The van der Waals surface area contributed by atoms with E-state index in [1.165, 1.54) is 0 Å². The second kappa shape index (κ2) is 9.98. The minimum Gasteiger partial charge on any atom is -0.256 e. The van der Waals surface area contributed by atoms with Gasteiger partial charge in [-0.15, -0.1) is 0 Å². The topological polar surface area (TPSA) is 64.5 Å². The number of aromatic nitrogens is 5. The highest BCUT2D eigenvalue weighted by molar-refractivity contribution is 6.15. The fraction of sp³-hybridized carbons (Fsp3) is 0. The predicted octanol–water partition coefficient (Wildman–Crippen LogP) is 8.79. The minimum atomic E-state index is 0.852. The van der Waals surface area contributed by atoms with Crippen LogP contribution in [0.25, 0.3) is 77.9 Å². The number of para-hydroxylation sites is 1. The molecule has 5 heterocycles. The Morgan fingerprint density at radius 1 is 0.357 bits per heavy atom. The first-order valence-corrected chi connectivity index (χ1v) is 13.8. The van der Waals surface area contributed by atoms with Crippen LogP contribution in [0.1, 0.15) is 0 Å². The molecule has 3 aromatic carbocycles.